The Balaban J connectivity index is 2.42. The molecular weight excluding hydrogens is 170 g/mol. The van der Waals surface area contributed by atoms with Crippen molar-refractivity contribution in [2.24, 2.45) is 11.3 Å². The van der Waals surface area contributed by atoms with Gasteiger partial charge in [0.25, 0.3) is 0 Å². The molecule has 12 heavy (non-hydrogen) atoms. The van der Waals surface area contributed by atoms with Crippen molar-refractivity contribution in [3.63, 3.8) is 0 Å². The highest BCUT2D eigenvalue weighted by atomic mass is 35.5. The van der Waals surface area contributed by atoms with Gasteiger partial charge in [-0.1, -0.05) is 13.8 Å². The van der Waals surface area contributed by atoms with Gasteiger partial charge >= 0.3 is 0 Å². The zero-order valence-electron chi connectivity index (χ0n) is 7.81. The molecule has 2 heteroatoms. The van der Waals surface area contributed by atoms with E-state index in [1.165, 1.54) is 12.8 Å². The van der Waals surface area contributed by atoms with Crippen LogP contribution in [0, 0.1) is 22.7 Å². The fraction of sp³-hybridized carbons (Fsp3) is 0.900. The minimum absolute atomic E-state index is 0.263. The first-order valence-corrected chi connectivity index (χ1v) is 5.02. The molecule has 0 bridgehead atoms. The summed E-state index contributed by atoms with van der Waals surface area (Å²) >= 11 is 5.88. The normalized spacial score (nSPS) is 26.2. The quantitative estimate of drug-likeness (QED) is 0.575. The van der Waals surface area contributed by atoms with Gasteiger partial charge in [0.15, 0.2) is 0 Å². The van der Waals surface area contributed by atoms with Crippen LogP contribution < -0.4 is 0 Å². The molecule has 0 aromatic heterocycles. The second kappa shape index (κ2) is 3.66. The summed E-state index contributed by atoms with van der Waals surface area (Å²) in [7, 11) is 0. The van der Waals surface area contributed by atoms with E-state index in [2.05, 4.69) is 19.9 Å². The maximum Gasteiger partial charge on any atom is 0.123 e. The average molecular weight is 186 g/mol. The number of hydrogen-bond acceptors (Lipinski definition) is 1. The third-order valence-corrected chi connectivity index (χ3v) is 3.37. The molecule has 1 aliphatic rings. The number of halogens is 1. The van der Waals surface area contributed by atoms with Gasteiger partial charge in [0.05, 0.1) is 6.07 Å². The first kappa shape index (κ1) is 9.86. The van der Waals surface area contributed by atoms with Crippen molar-refractivity contribution < 1.29 is 0 Å². The van der Waals surface area contributed by atoms with Gasteiger partial charge in [-0.15, -0.1) is 11.6 Å². The predicted octanol–water partition coefficient (Wildman–Crippen LogP) is 3.33. The standard InChI is InChI=1S/C10H16ClN/c1-10(2)5-3-8(4-6-10)9(11)7-12/h8-9H,3-6H2,1-2H3. The van der Waals surface area contributed by atoms with Crippen LogP contribution in [0.5, 0.6) is 0 Å². The summed E-state index contributed by atoms with van der Waals surface area (Å²) < 4.78 is 0. The molecule has 0 N–H and O–H groups in total. The SMILES string of the molecule is CC1(C)CCC(C(Cl)C#N)CC1. The molecule has 1 fully saturated rings. The van der Waals surface area contributed by atoms with E-state index in [0.717, 1.165) is 12.8 Å². The van der Waals surface area contributed by atoms with Gasteiger partial charge in [-0.2, -0.15) is 5.26 Å². The summed E-state index contributed by atoms with van der Waals surface area (Å²) in [5, 5.41) is 8.37. The van der Waals surface area contributed by atoms with Gasteiger partial charge in [0.1, 0.15) is 5.38 Å². The molecular formula is C10H16ClN. The molecule has 0 spiro atoms. The molecule has 1 unspecified atom stereocenters. The molecule has 0 aliphatic heterocycles. The van der Waals surface area contributed by atoms with Crippen molar-refractivity contribution in [1.29, 1.82) is 5.26 Å². The topological polar surface area (TPSA) is 23.8 Å². The smallest absolute Gasteiger partial charge is 0.123 e. The van der Waals surface area contributed by atoms with Crippen LogP contribution in [0.1, 0.15) is 39.5 Å². The number of hydrogen-bond donors (Lipinski definition) is 0. The van der Waals surface area contributed by atoms with Gasteiger partial charge in [-0.3, -0.25) is 0 Å². The highest BCUT2D eigenvalue weighted by Gasteiger charge is 2.30. The Labute approximate surface area is 79.7 Å². The Hall–Kier alpha value is -0.220. The van der Waals surface area contributed by atoms with Crippen molar-refractivity contribution in [1.82, 2.24) is 0 Å². The van der Waals surface area contributed by atoms with Crippen LogP contribution in [0.15, 0.2) is 0 Å². The second-order valence-electron chi connectivity index (χ2n) is 4.53. The van der Waals surface area contributed by atoms with Crippen LogP contribution in [-0.4, -0.2) is 5.38 Å². The third kappa shape index (κ3) is 2.38. The van der Waals surface area contributed by atoms with E-state index in [1.54, 1.807) is 0 Å². The van der Waals surface area contributed by atoms with Crippen LogP contribution >= 0.6 is 11.6 Å². The Morgan fingerprint density at radius 3 is 2.33 bits per heavy atom. The molecule has 0 radical (unpaired) electrons. The van der Waals surface area contributed by atoms with E-state index < -0.39 is 0 Å². The van der Waals surface area contributed by atoms with E-state index in [-0.39, 0.29) is 5.38 Å². The average Bonchev–Trinajstić information content (AvgIpc) is 2.03. The van der Waals surface area contributed by atoms with Crippen LogP contribution in [-0.2, 0) is 0 Å². The Morgan fingerprint density at radius 2 is 1.92 bits per heavy atom. The molecule has 1 nitrogen and oxygen atoms in total. The molecule has 0 aromatic rings. The van der Waals surface area contributed by atoms with Crippen LogP contribution in [0.25, 0.3) is 0 Å². The first-order chi connectivity index (χ1) is 5.55. The van der Waals surface area contributed by atoms with Gasteiger partial charge < -0.3 is 0 Å². The lowest BCUT2D eigenvalue weighted by Crippen LogP contribution is -2.25. The molecule has 0 heterocycles. The lowest BCUT2D eigenvalue weighted by Gasteiger charge is -2.34. The molecule has 1 atom stereocenters. The lowest BCUT2D eigenvalue weighted by molar-refractivity contribution is 0.195. The third-order valence-electron chi connectivity index (χ3n) is 2.92. The monoisotopic (exact) mass is 185 g/mol. The lowest BCUT2D eigenvalue weighted by atomic mass is 9.72. The van der Waals surface area contributed by atoms with Crippen molar-refractivity contribution >= 4 is 11.6 Å². The summed E-state index contributed by atoms with van der Waals surface area (Å²) in [6.07, 6.45) is 4.66. The number of alkyl halides is 1. The Kier molecular flexibility index (Phi) is 3.01. The minimum Gasteiger partial charge on any atom is -0.197 e. The molecule has 0 amide bonds. The summed E-state index contributed by atoms with van der Waals surface area (Å²) in [5.41, 5.74) is 0.475. The fourth-order valence-electron chi connectivity index (χ4n) is 1.82. The van der Waals surface area contributed by atoms with Gasteiger partial charge in [-0.25, -0.2) is 0 Å². The van der Waals surface area contributed by atoms with Crippen molar-refractivity contribution in [3.8, 4) is 6.07 Å². The minimum atomic E-state index is -0.263. The highest BCUT2D eigenvalue weighted by molar-refractivity contribution is 6.22. The van der Waals surface area contributed by atoms with Crippen molar-refractivity contribution in [3.05, 3.63) is 0 Å². The summed E-state index contributed by atoms with van der Waals surface area (Å²) in [5.74, 6) is 0.435. The summed E-state index contributed by atoms with van der Waals surface area (Å²) in [4.78, 5) is 0. The maximum atomic E-state index is 8.64. The molecule has 0 saturated heterocycles. The number of rotatable bonds is 1. The van der Waals surface area contributed by atoms with E-state index >= 15 is 0 Å². The molecule has 1 saturated carbocycles. The maximum absolute atomic E-state index is 8.64. The molecule has 1 rings (SSSR count). The predicted molar refractivity (Wildman–Crippen MR) is 51.0 cm³/mol. The fourth-order valence-corrected chi connectivity index (χ4v) is 2.07. The number of nitrogens with zero attached hydrogens (tertiary/aromatic N) is 1. The zero-order chi connectivity index (χ0) is 9.19. The summed E-state index contributed by atoms with van der Waals surface area (Å²) in [6.45, 7) is 4.58. The van der Waals surface area contributed by atoms with Gasteiger partial charge in [0, 0.05) is 0 Å². The molecule has 68 valence electrons. The largest absolute Gasteiger partial charge is 0.197 e. The molecule has 1 aliphatic carbocycles. The summed E-state index contributed by atoms with van der Waals surface area (Å²) in [6, 6.07) is 2.13. The van der Waals surface area contributed by atoms with Crippen LogP contribution in [0.3, 0.4) is 0 Å². The van der Waals surface area contributed by atoms with Crippen molar-refractivity contribution in [2.45, 2.75) is 44.9 Å². The van der Waals surface area contributed by atoms with Gasteiger partial charge in [-0.05, 0) is 37.0 Å². The zero-order valence-corrected chi connectivity index (χ0v) is 8.56. The number of nitriles is 1. The van der Waals surface area contributed by atoms with E-state index in [9.17, 15) is 0 Å². The van der Waals surface area contributed by atoms with Crippen LogP contribution in [0.2, 0.25) is 0 Å². The first-order valence-electron chi connectivity index (χ1n) is 4.59. The van der Waals surface area contributed by atoms with E-state index in [4.69, 9.17) is 16.9 Å². The van der Waals surface area contributed by atoms with E-state index in [0.29, 0.717) is 11.3 Å². The van der Waals surface area contributed by atoms with Crippen LogP contribution in [0.4, 0.5) is 0 Å². The Bertz CT molecular complexity index is 183. The Morgan fingerprint density at radius 1 is 1.42 bits per heavy atom. The molecule has 0 aromatic carbocycles. The highest BCUT2D eigenvalue weighted by Crippen LogP contribution is 2.40. The van der Waals surface area contributed by atoms with Crippen molar-refractivity contribution in [2.75, 3.05) is 0 Å². The van der Waals surface area contributed by atoms with Gasteiger partial charge in [0.2, 0.25) is 0 Å². The van der Waals surface area contributed by atoms with E-state index in [1.807, 2.05) is 0 Å². The second-order valence-corrected chi connectivity index (χ2v) is 5.00.